The fraction of sp³-hybridized carbons (Fsp3) is 0.500. The Morgan fingerprint density at radius 3 is 2.89 bits per heavy atom. The van der Waals surface area contributed by atoms with Gasteiger partial charge in [0.15, 0.2) is 0 Å². The molecule has 2 atom stereocenters. The summed E-state index contributed by atoms with van der Waals surface area (Å²) < 4.78 is 0. The molecular formula is C14H20N2OS. The first kappa shape index (κ1) is 13.4. The second-order valence-electron chi connectivity index (χ2n) is 4.66. The highest BCUT2D eigenvalue weighted by Gasteiger charge is 2.29. The van der Waals surface area contributed by atoms with E-state index in [0.717, 1.165) is 29.4 Å². The lowest BCUT2D eigenvalue weighted by Gasteiger charge is -2.16. The summed E-state index contributed by atoms with van der Waals surface area (Å²) in [5, 5.41) is 6.33. The number of hydrogen-bond acceptors (Lipinski definition) is 3. The normalized spacial score (nSPS) is 23.0. The maximum Gasteiger partial charge on any atom is 0.229 e. The van der Waals surface area contributed by atoms with Crippen molar-refractivity contribution in [2.75, 3.05) is 24.2 Å². The van der Waals surface area contributed by atoms with E-state index in [9.17, 15) is 4.79 Å². The predicted molar refractivity (Wildman–Crippen MR) is 77.0 cm³/mol. The molecule has 2 rings (SSSR count). The number of para-hydroxylation sites is 1. The minimum atomic E-state index is 0.0877. The predicted octanol–water partition coefficient (Wildman–Crippen LogP) is 2.59. The van der Waals surface area contributed by atoms with Crippen LogP contribution in [0.2, 0.25) is 0 Å². The Balaban J connectivity index is 2.06. The molecule has 98 valence electrons. The standard InChI is InChI=1S/C14H20N2OS/c1-3-18-13-7-5-4-6-12(13)16-14(17)11-9-15-8-10(11)2/h4-7,10-11,15H,3,8-9H2,1-2H3,(H,16,17)/t10-,11-/m1/s1. The topological polar surface area (TPSA) is 41.1 Å². The van der Waals surface area contributed by atoms with Gasteiger partial charge in [-0.25, -0.2) is 0 Å². The number of benzene rings is 1. The van der Waals surface area contributed by atoms with Gasteiger partial charge in [0, 0.05) is 11.4 Å². The van der Waals surface area contributed by atoms with Crippen molar-refractivity contribution >= 4 is 23.4 Å². The van der Waals surface area contributed by atoms with Gasteiger partial charge in [0.1, 0.15) is 0 Å². The number of amides is 1. The van der Waals surface area contributed by atoms with E-state index in [0.29, 0.717) is 5.92 Å². The molecule has 0 aromatic heterocycles. The van der Waals surface area contributed by atoms with Gasteiger partial charge in [0.2, 0.25) is 5.91 Å². The molecule has 0 spiro atoms. The fourth-order valence-electron chi connectivity index (χ4n) is 2.24. The molecule has 0 radical (unpaired) electrons. The summed E-state index contributed by atoms with van der Waals surface area (Å²) in [6.07, 6.45) is 0. The summed E-state index contributed by atoms with van der Waals surface area (Å²) in [5.41, 5.74) is 0.938. The number of carbonyl (C=O) groups is 1. The van der Waals surface area contributed by atoms with Crippen LogP contribution in [0.25, 0.3) is 0 Å². The van der Waals surface area contributed by atoms with Crippen LogP contribution in [0, 0.1) is 11.8 Å². The molecule has 4 heteroatoms. The highest BCUT2D eigenvalue weighted by molar-refractivity contribution is 7.99. The molecule has 0 saturated carbocycles. The Bertz CT molecular complexity index is 422. The number of carbonyl (C=O) groups excluding carboxylic acids is 1. The number of nitrogens with one attached hydrogen (secondary N) is 2. The van der Waals surface area contributed by atoms with E-state index in [4.69, 9.17) is 0 Å². The molecule has 1 aromatic carbocycles. The van der Waals surface area contributed by atoms with Gasteiger partial charge < -0.3 is 10.6 Å². The van der Waals surface area contributed by atoms with Crippen LogP contribution in [0.1, 0.15) is 13.8 Å². The van der Waals surface area contributed by atoms with Crippen molar-refractivity contribution < 1.29 is 4.79 Å². The minimum absolute atomic E-state index is 0.0877. The van der Waals surface area contributed by atoms with Crippen molar-refractivity contribution in [1.29, 1.82) is 0 Å². The van der Waals surface area contributed by atoms with E-state index in [1.807, 2.05) is 18.2 Å². The molecule has 1 heterocycles. The van der Waals surface area contributed by atoms with E-state index < -0.39 is 0 Å². The van der Waals surface area contributed by atoms with Crippen molar-refractivity contribution in [3.05, 3.63) is 24.3 Å². The SMILES string of the molecule is CCSc1ccccc1NC(=O)[C@@H]1CNC[C@H]1C. The molecule has 0 bridgehead atoms. The maximum absolute atomic E-state index is 12.2. The molecule has 1 aliphatic rings. The van der Waals surface area contributed by atoms with Crippen LogP contribution in [-0.4, -0.2) is 24.7 Å². The summed E-state index contributed by atoms with van der Waals surface area (Å²) in [6.45, 7) is 5.96. The first-order chi connectivity index (χ1) is 8.72. The third-order valence-corrected chi connectivity index (χ3v) is 4.25. The van der Waals surface area contributed by atoms with Crippen LogP contribution < -0.4 is 10.6 Å². The van der Waals surface area contributed by atoms with Crippen LogP contribution in [0.3, 0.4) is 0 Å². The Kier molecular flexibility index (Phi) is 4.66. The second-order valence-corrected chi connectivity index (χ2v) is 5.97. The summed E-state index contributed by atoms with van der Waals surface area (Å²) in [5.74, 6) is 1.64. The van der Waals surface area contributed by atoms with E-state index in [1.165, 1.54) is 0 Å². The Hall–Kier alpha value is -1.00. The van der Waals surface area contributed by atoms with Crippen molar-refractivity contribution in [3.8, 4) is 0 Å². The van der Waals surface area contributed by atoms with Crippen molar-refractivity contribution in [3.63, 3.8) is 0 Å². The van der Waals surface area contributed by atoms with Crippen molar-refractivity contribution in [1.82, 2.24) is 5.32 Å². The molecule has 18 heavy (non-hydrogen) atoms. The smallest absolute Gasteiger partial charge is 0.229 e. The molecule has 3 nitrogen and oxygen atoms in total. The van der Waals surface area contributed by atoms with Gasteiger partial charge in [0.05, 0.1) is 11.6 Å². The molecule has 1 aliphatic heterocycles. The number of anilines is 1. The van der Waals surface area contributed by atoms with E-state index in [2.05, 4.69) is 30.5 Å². The van der Waals surface area contributed by atoms with Crippen LogP contribution in [0.4, 0.5) is 5.69 Å². The van der Waals surface area contributed by atoms with Crippen molar-refractivity contribution in [2.24, 2.45) is 11.8 Å². The lowest BCUT2D eigenvalue weighted by atomic mass is 9.97. The van der Waals surface area contributed by atoms with Gasteiger partial charge in [-0.2, -0.15) is 0 Å². The van der Waals surface area contributed by atoms with Gasteiger partial charge in [-0.05, 0) is 30.3 Å². The summed E-state index contributed by atoms with van der Waals surface area (Å²) in [7, 11) is 0. The molecule has 0 aliphatic carbocycles. The molecule has 1 aromatic rings. The minimum Gasteiger partial charge on any atom is -0.325 e. The molecule has 0 unspecified atom stereocenters. The summed E-state index contributed by atoms with van der Waals surface area (Å²) in [4.78, 5) is 13.4. The first-order valence-electron chi connectivity index (χ1n) is 6.45. The molecule has 2 N–H and O–H groups in total. The monoisotopic (exact) mass is 264 g/mol. The second kappa shape index (κ2) is 6.25. The zero-order valence-corrected chi connectivity index (χ0v) is 11.7. The zero-order valence-electron chi connectivity index (χ0n) is 10.9. The van der Waals surface area contributed by atoms with E-state index in [-0.39, 0.29) is 11.8 Å². The lowest BCUT2D eigenvalue weighted by molar-refractivity contribution is -0.120. The third kappa shape index (κ3) is 3.06. The molecule has 1 saturated heterocycles. The molecule has 1 amide bonds. The summed E-state index contributed by atoms with van der Waals surface area (Å²) >= 11 is 1.76. The van der Waals surface area contributed by atoms with Crippen molar-refractivity contribution in [2.45, 2.75) is 18.7 Å². The average molecular weight is 264 g/mol. The first-order valence-corrected chi connectivity index (χ1v) is 7.44. The van der Waals surface area contributed by atoms with Crippen LogP contribution in [0.15, 0.2) is 29.2 Å². The zero-order chi connectivity index (χ0) is 13.0. The Labute approximate surface area is 113 Å². The molecular weight excluding hydrogens is 244 g/mol. The van der Waals surface area contributed by atoms with Crippen LogP contribution in [-0.2, 0) is 4.79 Å². The third-order valence-electron chi connectivity index (χ3n) is 3.30. The Morgan fingerprint density at radius 2 is 2.22 bits per heavy atom. The largest absolute Gasteiger partial charge is 0.325 e. The lowest BCUT2D eigenvalue weighted by Crippen LogP contribution is -2.28. The summed E-state index contributed by atoms with van der Waals surface area (Å²) in [6, 6.07) is 8.00. The highest BCUT2D eigenvalue weighted by Crippen LogP contribution is 2.28. The van der Waals surface area contributed by atoms with E-state index in [1.54, 1.807) is 11.8 Å². The number of rotatable bonds is 4. The van der Waals surface area contributed by atoms with E-state index >= 15 is 0 Å². The van der Waals surface area contributed by atoms with Gasteiger partial charge in [-0.15, -0.1) is 11.8 Å². The fourth-order valence-corrected chi connectivity index (χ4v) is 3.00. The number of thioether (sulfide) groups is 1. The number of hydrogen-bond donors (Lipinski definition) is 2. The maximum atomic E-state index is 12.2. The van der Waals surface area contributed by atoms with Gasteiger partial charge in [-0.3, -0.25) is 4.79 Å². The molecule has 1 fully saturated rings. The van der Waals surface area contributed by atoms with Gasteiger partial charge in [0.25, 0.3) is 0 Å². The Morgan fingerprint density at radius 1 is 1.44 bits per heavy atom. The van der Waals surface area contributed by atoms with Crippen LogP contribution in [0.5, 0.6) is 0 Å². The van der Waals surface area contributed by atoms with Gasteiger partial charge >= 0.3 is 0 Å². The van der Waals surface area contributed by atoms with Crippen LogP contribution >= 0.6 is 11.8 Å². The average Bonchev–Trinajstić information content (AvgIpc) is 2.78. The van der Waals surface area contributed by atoms with Gasteiger partial charge in [-0.1, -0.05) is 26.0 Å². The quantitative estimate of drug-likeness (QED) is 0.821. The highest BCUT2D eigenvalue weighted by atomic mass is 32.2.